The topological polar surface area (TPSA) is 115 Å². The van der Waals surface area contributed by atoms with Gasteiger partial charge in [0.25, 0.3) is 11.7 Å². The molecule has 0 spiro atoms. The third-order valence-corrected chi connectivity index (χ3v) is 9.28. The minimum absolute atomic E-state index is 0.0119. The Bertz CT molecular complexity index is 1690. The number of Topliss-reactive ketones (excluding diaryl/α,β-unsaturated/α-hetero) is 1. The summed E-state index contributed by atoms with van der Waals surface area (Å²) < 4.78 is 34.9. The second-order valence-corrected chi connectivity index (χ2v) is 11.7. The zero-order valence-corrected chi connectivity index (χ0v) is 22.6. The number of fused-ring (bicyclic) bond motifs is 1. The molecule has 204 valence electrons. The fraction of sp³-hybridized carbons (Fsp3) is 0.241. The van der Waals surface area contributed by atoms with Crippen molar-refractivity contribution in [2.24, 2.45) is 0 Å². The summed E-state index contributed by atoms with van der Waals surface area (Å²) in [5, 5.41) is 8.39. The molecular weight excluding hydrogens is 530 g/mol. The predicted octanol–water partition coefficient (Wildman–Crippen LogP) is 3.46. The number of aromatic nitrogens is 3. The highest BCUT2D eigenvalue weighted by atomic mass is 32.2. The monoisotopic (exact) mass is 557 g/mol. The fourth-order valence-electron chi connectivity index (χ4n) is 5.31. The van der Waals surface area contributed by atoms with Crippen LogP contribution in [0.15, 0.2) is 83.9 Å². The number of hydrogen-bond acceptors (Lipinski definition) is 7. The van der Waals surface area contributed by atoms with Gasteiger partial charge in [0.15, 0.2) is 0 Å². The van der Waals surface area contributed by atoms with E-state index in [0.29, 0.717) is 31.0 Å². The molecule has 0 N–H and O–H groups in total. The van der Waals surface area contributed by atoms with Gasteiger partial charge >= 0.3 is 0 Å². The van der Waals surface area contributed by atoms with Crippen molar-refractivity contribution >= 4 is 27.4 Å². The molecule has 2 aliphatic rings. The number of nitrogens with zero attached hydrogens (tertiary/aromatic N) is 5. The molecule has 0 saturated carbocycles. The van der Waals surface area contributed by atoms with Gasteiger partial charge in [0.05, 0.1) is 41.2 Å². The number of anilines is 1. The van der Waals surface area contributed by atoms with E-state index in [1.54, 1.807) is 10.9 Å². The number of ether oxygens (including phenoxy) is 1. The molecule has 2 aliphatic heterocycles. The summed E-state index contributed by atoms with van der Waals surface area (Å²) in [6.45, 7) is 0.706. The molecule has 0 aliphatic carbocycles. The van der Waals surface area contributed by atoms with Gasteiger partial charge in [-0.2, -0.15) is 4.31 Å². The highest BCUT2D eigenvalue weighted by molar-refractivity contribution is 7.89. The van der Waals surface area contributed by atoms with Gasteiger partial charge in [-0.3, -0.25) is 14.5 Å². The van der Waals surface area contributed by atoms with E-state index in [1.807, 2.05) is 54.6 Å². The lowest BCUT2D eigenvalue weighted by atomic mass is 10.1. The highest BCUT2D eigenvalue weighted by Gasteiger charge is 2.40. The van der Waals surface area contributed by atoms with Crippen molar-refractivity contribution in [3.63, 3.8) is 0 Å². The summed E-state index contributed by atoms with van der Waals surface area (Å²) in [5.41, 5.74) is 3.88. The van der Waals surface area contributed by atoms with Crippen molar-refractivity contribution in [1.29, 1.82) is 0 Å². The van der Waals surface area contributed by atoms with E-state index in [1.165, 1.54) is 34.5 Å². The second-order valence-electron chi connectivity index (χ2n) is 9.83. The Morgan fingerprint density at radius 2 is 1.73 bits per heavy atom. The van der Waals surface area contributed by atoms with Crippen LogP contribution in [0.5, 0.6) is 0 Å². The van der Waals surface area contributed by atoms with Crippen molar-refractivity contribution < 1.29 is 22.7 Å². The first-order chi connectivity index (χ1) is 19.4. The number of methoxy groups -OCH3 is 1. The number of amides is 1. The van der Waals surface area contributed by atoms with Crippen molar-refractivity contribution in [1.82, 2.24) is 19.3 Å². The maximum Gasteiger partial charge on any atom is 0.299 e. The first-order valence-corrected chi connectivity index (χ1v) is 14.4. The SMILES string of the molecule is COC[C@@H]1CCCN1S(=O)(=O)c1ccc2c(c1)C(=O)C(=O)N2Cc1cn(-c2ccc(-c3ccccc3)cc2)nn1. The van der Waals surface area contributed by atoms with Crippen LogP contribution in [0.4, 0.5) is 5.69 Å². The summed E-state index contributed by atoms with van der Waals surface area (Å²) >= 11 is 0. The molecule has 0 bridgehead atoms. The largest absolute Gasteiger partial charge is 0.383 e. The molecule has 10 nitrogen and oxygen atoms in total. The number of rotatable bonds is 8. The Morgan fingerprint density at radius 3 is 2.48 bits per heavy atom. The minimum Gasteiger partial charge on any atom is -0.383 e. The van der Waals surface area contributed by atoms with Crippen LogP contribution in [0.25, 0.3) is 16.8 Å². The third kappa shape index (κ3) is 4.61. The van der Waals surface area contributed by atoms with E-state index in [2.05, 4.69) is 10.3 Å². The maximum atomic E-state index is 13.4. The standard InChI is InChI=1S/C29H27N5O5S/c1-39-19-24-8-5-15-34(24)40(37,38)25-13-14-27-26(16-25)28(35)29(36)32(27)17-22-18-33(31-30-22)23-11-9-21(10-12-23)20-6-3-2-4-7-20/h2-4,6-7,9-14,16,18,24H,5,8,15,17,19H2,1H3/t24-/m0/s1. The van der Waals surface area contributed by atoms with E-state index >= 15 is 0 Å². The average molecular weight is 558 g/mol. The molecular formula is C29H27N5O5S. The van der Waals surface area contributed by atoms with Crippen LogP contribution in [0.1, 0.15) is 28.9 Å². The molecule has 1 aromatic heterocycles. The number of carbonyl (C=O) groups is 2. The van der Waals surface area contributed by atoms with Crippen molar-refractivity contribution in [2.45, 2.75) is 30.3 Å². The van der Waals surface area contributed by atoms with E-state index in [4.69, 9.17) is 4.74 Å². The Labute approximate surface area is 231 Å². The van der Waals surface area contributed by atoms with Crippen LogP contribution in [0, 0.1) is 0 Å². The first-order valence-electron chi connectivity index (χ1n) is 12.9. The number of carbonyl (C=O) groups excluding carboxylic acids is 2. The summed E-state index contributed by atoms with van der Waals surface area (Å²) in [4.78, 5) is 27.1. The van der Waals surface area contributed by atoms with E-state index < -0.39 is 21.7 Å². The van der Waals surface area contributed by atoms with Gasteiger partial charge in [0.2, 0.25) is 10.0 Å². The van der Waals surface area contributed by atoms with Crippen LogP contribution in [-0.2, 0) is 26.1 Å². The average Bonchev–Trinajstić information content (AvgIpc) is 3.70. The van der Waals surface area contributed by atoms with E-state index in [0.717, 1.165) is 23.2 Å². The Hall–Kier alpha value is -4.19. The van der Waals surface area contributed by atoms with Gasteiger partial charge in [-0.1, -0.05) is 47.7 Å². The molecule has 3 aromatic carbocycles. The van der Waals surface area contributed by atoms with Gasteiger partial charge in [-0.05, 0) is 54.3 Å². The summed E-state index contributed by atoms with van der Waals surface area (Å²) in [5.74, 6) is -1.48. The summed E-state index contributed by atoms with van der Waals surface area (Å²) in [6.07, 6.45) is 3.15. The van der Waals surface area contributed by atoms with Crippen LogP contribution in [-0.4, -0.2) is 65.7 Å². The predicted molar refractivity (Wildman–Crippen MR) is 148 cm³/mol. The minimum atomic E-state index is -3.85. The molecule has 6 rings (SSSR count). The molecule has 11 heteroatoms. The molecule has 40 heavy (non-hydrogen) atoms. The molecule has 0 radical (unpaired) electrons. The zero-order valence-electron chi connectivity index (χ0n) is 21.8. The fourth-order valence-corrected chi connectivity index (χ4v) is 7.02. The third-order valence-electron chi connectivity index (χ3n) is 7.33. The van der Waals surface area contributed by atoms with Crippen molar-refractivity contribution in [2.75, 3.05) is 25.2 Å². The van der Waals surface area contributed by atoms with Gasteiger partial charge in [0.1, 0.15) is 5.69 Å². The number of benzene rings is 3. The Balaban J connectivity index is 1.22. The summed E-state index contributed by atoms with van der Waals surface area (Å²) in [6, 6.07) is 21.9. The van der Waals surface area contributed by atoms with E-state index in [-0.39, 0.29) is 23.0 Å². The summed E-state index contributed by atoms with van der Waals surface area (Å²) in [7, 11) is -2.31. The number of sulfonamides is 1. The Morgan fingerprint density at radius 1 is 0.975 bits per heavy atom. The van der Waals surface area contributed by atoms with Crippen molar-refractivity contribution in [3.8, 4) is 16.8 Å². The first kappa shape index (κ1) is 26.1. The van der Waals surface area contributed by atoms with Gasteiger partial charge < -0.3 is 4.74 Å². The van der Waals surface area contributed by atoms with Crippen LogP contribution >= 0.6 is 0 Å². The maximum absolute atomic E-state index is 13.4. The lowest BCUT2D eigenvalue weighted by Crippen LogP contribution is -2.38. The molecule has 1 amide bonds. The Kier molecular flexibility index (Phi) is 6.78. The van der Waals surface area contributed by atoms with Crippen molar-refractivity contribution in [3.05, 3.63) is 90.3 Å². The van der Waals surface area contributed by atoms with Gasteiger partial charge in [-0.15, -0.1) is 5.10 Å². The molecule has 1 fully saturated rings. The molecule has 1 atom stereocenters. The van der Waals surface area contributed by atoms with Gasteiger partial charge in [0, 0.05) is 19.7 Å². The molecule has 4 aromatic rings. The molecule has 3 heterocycles. The van der Waals surface area contributed by atoms with Crippen LogP contribution in [0.3, 0.4) is 0 Å². The second kappa shape index (κ2) is 10.4. The number of ketones is 1. The molecule has 0 unspecified atom stereocenters. The van der Waals surface area contributed by atoms with Crippen LogP contribution < -0.4 is 4.90 Å². The zero-order chi connectivity index (χ0) is 27.9. The normalized spacial score (nSPS) is 17.5. The lowest BCUT2D eigenvalue weighted by Gasteiger charge is -2.23. The van der Waals surface area contributed by atoms with E-state index in [9.17, 15) is 18.0 Å². The van der Waals surface area contributed by atoms with Gasteiger partial charge in [-0.25, -0.2) is 13.1 Å². The highest BCUT2D eigenvalue weighted by Crippen LogP contribution is 2.34. The smallest absolute Gasteiger partial charge is 0.299 e. The lowest BCUT2D eigenvalue weighted by molar-refractivity contribution is -0.114. The number of hydrogen-bond donors (Lipinski definition) is 0. The van der Waals surface area contributed by atoms with Crippen LogP contribution in [0.2, 0.25) is 0 Å². The molecule has 1 saturated heterocycles. The quantitative estimate of drug-likeness (QED) is 0.305.